The molecule has 19 heavy (non-hydrogen) atoms. The first-order valence-electron chi connectivity index (χ1n) is 6.42. The molecule has 0 spiro atoms. The summed E-state index contributed by atoms with van der Waals surface area (Å²) in [6.45, 7) is 10.1. The van der Waals surface area contributed by atoms with Crippen LogP contribution in [0.5, 0.6) is 0 Å². The number of nitrogens with two attached hydrogens (primary N) is 1. The lowest BCUT2D eigenvalue weighted by molar-refractivity contribution is 0.571. The lowest BCUT2D eigenvalue weighted by atomic mass is 9.93. The normalized spacial score (nSPS) is 12.1. The van der Waals surface area contributed by atoms with Crippen LogP contribution in [0.2, 0.25) is 0 Å². The molecule has 0 saturated heterocycles. The lowest BCUT2D eigenvalue weighted by Gasteiger charge is -2.14. The van der Waals surface area contributed by atoms with Crippen LogP contribution in [0.3, 0.4) is 0 Å². The summed E-state index contributed by atoms with van der Waals surface area (Å²) in [4.78, 5) is 8.87. The van der Waals surface area contributed by atoms with Gasteiger partial charge in [0.25, 0.3) is 0 Å². The van der Waals surface area contributed by atoms with Gasteiger partial charge in [-0.15, -0.1) is 35.3 Å². The second-order valence-corrected chi connectivity index (χ2v) is 6.30. The van der Waals surface area contributed by atoms with Crippen LogP contribution in [-0.2, 0) is 12.0 Å². The van der Waals surface area contributed by atoms with Crippen LogP contribution in [0, 0.1) is 0 Å². The van der Waals surface area contributed by atoms with E-state index >= 15 is 0 Å². The van der Waals surface area contributed by atoms with Gasteiger partial charge in [0.15, 0.2) is 5.96 Å². The predicted octanol–water partition coefficient (Wildman–Crippen LogP) is 3.26. The van der Waals surface area contributed by atoms with Gasteiger partial charge in [0.2, 0.25) is 0 Å². The maximum Gasteiger partial charge on any atom is 0.189 e. The number of hydrogen-bond donors (Lipinski definition) is 2. The van der Waals surface area contributed by atoms with Crippen LogP contribution in [0.25, 0.3) is 0 Å². The van der Waals surface area contributed by atoms with E-state index in [1.807, 2.05) is 0 Å². The van der Waals surface area contributed by atoms with Gasteiger partial charge in [-0.1, -0.05) is 34.1 Å². The van der Waals surface area contributed by atoms with E-state index in [1.165, 1.54) is 0 Å². The first-order valence-corrected chi connectivity index (χ1v) is 7.30. The van der Waals surface area contributed by atoms with Crippen molar-refractivity contribution in [2.24, 2.45) is 10.7 Å². The highest BCUT2D eigenvalue weighted by atomic mass is 127. The monoisotopic (exact) mass is 396 g/mol. The number of rotatable bonds is 5. The zero-order valence-corrected chi connectivity index (χ0v) is 15.3. The SMILES string of the molecule is CCCCNC(N)=NCc1nc(C(C)(C)C)cs1.I. The fourth-order valence-electron chi connectivity index (χ4n) is 1.33. The minimum atomic E-state index is 0. The Bertz CT molecular complexity index is 396. The lowest BCUT2D eigenvalue weighted by Crippen LogP contribution is -2.32. The van der Waals surface area contributed by atoms with Crippen LogP contribution in [0.4, 0.5) is 0 Å². The molecular formula is C13H25IN4S. The van der Waals surface area contributed by atoms with Gasteiger partial charge in [0.1, 0.15) is 5.01 Å². The van der Waals surface area contributed by atoms with Gasteiger partial charge in [-0.25, -0.2) is 9.98 Å². The summed E-state index contributed by atoms with van der Waals surface area (Å²) >= 11 is 1.65. The van der Waals surface area contributed by atoms with E-state index in [4.69, 9.17) is 5.73 Å². The number of aromatic nitrogens is 1. The molecule has 0 atom stereocenters. The summed E-state index contributed by atoms with van der Waals surface area (Å²) in [6.07, 6.45) is 2.27. The smallest absolute Gasteiger partial charge is 0.189 e. The van der Waals surface area contributed by atoms with Gasteiger partial charge < -0.3 is 11.1 Å². The van der Waals surface area contributed by atoms with Crippen molar-refractivity contribution in [3.8, 4) is 0 Å². The van der Waals surface area contributed by atoms with E-state index in [-0.39, 0.29) is 29.4 Å². The number of guanidine groups is 1. The van der Waals surface area contributed by atoms with Crippen molar-refractivity contribution in [2.45, 2.75) is 52.5 Å². The van der Waals surface area contributed by atoms with Crippen LogP contribution in [0.1, 0.15) is 51.2 Å². The van der Waals surface area contributed by atoms with E-state index in [0.717, 1.165) is 30.1 Å². The third-order valence-electron chi connectivity index (χ3n) is 2.54. The second-order valence-electron chi connectivity index (χ2n) is 5.36. The Morgan fingerprint density at radius 3 is 2.68 bits per heavy atom. The molecule has 0 amide bonds. The summed E-state index contributed by atoms with van der Waals surface area (Å²) < 4.78 is 0. The molecule has 0 bridgehead atoms. The van der Waals surface area contributed by atoms with Crippen LogP contribution in [0.15, 0.2) is 10.4 Å². The molecule has 0 radical (unpaired) electrons. The Kier molecular flexibility index (Phi) is 8.56. The van der Waals surface area contributed by atoms with Crippen molar-refractivity contribution >= 4 is 41.3 Å². The largest absolute Gasteiger partial charge is 0.370 e. The number of thiazole rings is 1. The predicted molar refractivity (Wildman–Crippen MR) is 94.5 cm³/mol. The van der Waals surface area contributed by atoms with E-state index < -0.39 is 0 Å². The minimum Gasteiger partial charge on any atom is -0.370 e. The van der Waals surface area contributed by atoms with E-state index in [2.05, 4.69) is 48.4 Å². The second kappa shape index (κ2) is 8.73. The highest BCUT2D eigenvalue weighted by molar-refractivity contribution is 14.0. The summed E-state index contributed by atoms with van der Waals surface area (Å²) in [6, 6.07) is 0. The first kappa shape index (κ1) is 18.6. The van der Waals surface area contributed by atoms with E-state index in [0.29, 0.717) is 12.5 Å². The average molecular weight is 396 g/mol. The van der Waals surface area contributed by atoms with Gasteiger partial charge in [-0.05, 0) is 6.42 Å². The van der Waals surface area contributed by atoms with Crippen LogP contribution < -0.4 is 11.1 Å². The Labute approximate surface area is 137 Å². The molecule has 0 aliphatic carbocycles. The van der Waals surface area contributed by atoms with Gasteiger partial charge >= 0.3 is 0 Å². The van der Waals surface area contributed by atoms with Crippen molar-refractivity contribution in [3.05, 3.63) is 16.1 Å². The Hall–Kier alpha value is -0.370. The number of aliphatic imine (C=N–C) groups is 1. The highest BCUT2D eigenvalue weighted by Gasteiger charge is 2.17. The molecule has 4 nitrogen and oxygen atoms in total. The number of nitrogens with one attached hydrogen (secondary N) is 1. The van der Waals surface area contributed by atoms with Crippen molar-refractivity contribution in [1.82, 2.24) is 10.3 Å². The minimum absolute atomic E-state index is 0. The average Bonchev–Trinajstić information content (AvgIpc) is 2.75. The molecule has 0 aliphatic heterocycles. The molecule has 110 valence electrons. The van der Waals surface area contributed by atoms with Crippen molar-refractivity contribution in [1.29, 1.82) is 0 Å². The third-order valence-corrected chi connectivity index (χ3v) is 3.37. The van der Waals surface area contributed by atoms with Crippen molar-refractivity contribution < 1.29 is 0 Å². The molecule has 0 unspecified atom stereocenters. The topological polar surface area (TPSA) is 63.3 Å². The molecule has 6 heteroatoms. The summed E-state index contributed by atoms with van der Waals surface area (Å²) in [5, 5.41) is 6.21. The molecule has 1 heterocycles. The zero-order valence-electron chi connectivity index (χ0n) is 12.2. The van der Waals surface area contributed by atoms with Crippen LogP contribution in [-0.4, -0.2) is 17.5 Å². The van der Waals surface area contributed by atoms with Gasteiger partial charge in [0.05, 0.1) is 12.2 Å². The molecule has 0 saturated carbocycles. The summed E-state index contributed by atoms with van der Waals surface area (Å²) in [7, 11) is 0. The van der Waals surface area contributed by atoms with E-state index in [1.54, 1.807) is 11.3 Å². The maximum absolute atomic E-state index is 5.77. The molecule has 1 aromatic rings. The first-order chi connectivity index (χ1) is 8.43. The Morgan fingerprint density at radius 1 is 1.47 bits per heavy atom. The highest BCUT2D eigenvalue weighted by Crippen LogP contribution is 2.24. The number of hydrogen-bond acceptors (Lipinski definition) is 3. The molecular weight excluding hydrogens is 371 g/mol. The zero-order chi connectivity index (χ0) is 13.6. The number of unbranched alkanes of at least 4 members (excludes halogenated alkanes) is 1. The fraction of sp³-hybridized carbons (Fsp3) is 0.692. The molecule has 0 aromatic carbocycles. The van der Waals surface area contributed by atoms with Gasteiger partial charge in [0, 0.05) is 17.3 Å². The Balaban J connectivity index is 0.00000324. The molecule has 1 aromatic heterocycles. The molecule has 3 N–H and O–H groups in total. The summed E-state index contributed by atoms with van der Waals surface area (Å²) in [5.74, 6) is 0.510. The molecule has 1 rings (SSSR count). The quantitative estimate of drug-likeness (QED) is 0.348. The van der Waals surface area contributed by atoms with Crippen molar-refractivity contribution in [3.63, 3.8) is 0 Å². The maximum atomic E-state index is 5.77. The standard InChI is InChI=1S/C13H24N4S.HI/c1-5-6-7-15-12(14)16-8-11-17-10(9-18-11)13(2,3)4;/h9H,5-8H2,1-4H3,(H3,14,15,16);1H. The number of halogens is 1. The molecule has 0 aliphatic rings. The Morgan fingerprint density at radius 2 is 2.16 bits per heavy atom. The molecule has 0 fully saturated rings. The van der Waals surface area contributed by atoms with Gasteiger partial charge in [-0.2, -0.15) is 0 Å². The van der Waals surface area contributed by atoms with Crippen molar-refractivity contribution in [2.75, 3.05) is 6.54 Å². The third kappa shape index (κ3) is 7.10. The van der Waals surface area contributed by atoms with Gasteiger partial charge in [-0.3, -0.25) is 0 Å². The van der Waals surface area contributed by atoms with E-state index in [9.17, 15) is 0 Å². The summed E-state index contributed by atoms with van der Waals surface area (Å²) in [5.41, 5.74) is 6.99. The number of nitrogens with zero attached hydrogens (tertiary/aromatic N) is 2. The van der Waals surface area contributed by atoms with Crippen LogP contribution >= 0.6 is 35.3 Å². The fourth-order valence-corrected chi connectivity index (χ4v) is 2.27.